The van der Waals surface area contributed by atoms with Crippen molar-refractivity contribution in [1.82, 2.24) is 0 Å². The van der Waals surface area contributed by atoms with Crippen LogP contribution in [-0.2, 0) is 0 Å². The summed E-state index contributed by atoms with van der Waals surface area (Å²) >= 11 is 0. The highest BCUT2D eigenvalue weighted by Gasteiger charge is 2.36. The van der Waals surface area contributed by atoms with Gasteiger partial charge in [-0.1, -0.05) is 0 Å². The zero-order chi connectivity index (χ0) is 12.9. The Morgan fingerprint density at radius 2 is 0.750 bits per heavy atom. The molecule has 0 aliphatic rings. The van der Waals surface area contributed by atoms with Gasteiger partial charge in [0.05, 0.1) is 13.2 Å². The van der Waals surface area contributed by atoms with Crippen molar-refractivity contribution in [3.05, 3.63) is 0 Å². The third-order valence-corrected chi connectivity index (χ3v) is 2.21. The summed E-state index contributed by atoms with van der Waals surface area (Å²) in [6, 6.07) is 0. The van der Waals surface area contributed by atoms with Crippen molar-refractivity contribution in [3.63, 3.8) is 0 Å². The zero-order valence-electron chi connectivity index (χ0n) is 8.46. The SMILES string of the molecule is OC[C@@H](O)[C@H](O)[C@H](O)[C@H](O)[C@@H](O)[C@@H](O)CO. The van der Waals surface area contributed by atoms with Gasteiger partial charge in [-0.25, -0.2) is 0 Å². The van der Waals surface area contributed by atoms with Crippen molar-refractivity contribution in [2.45, 2.75) is 36.6 Å². The van der Waals surface area contributed by atoms with E-state index in [9.17, 15) is 20.4 Å². The van der Waals surface area contributed by atoms with Crippen molar-refractivity contribution in [2.24, 2.45) is 0 Å². The van der Waals surface area contributed by atoms with Crippen LogP contribution in [0.4, 0.5) is 0 Å². The average molecular weight is 242 g/mol. The Balaban J connectivity index is 4.41. The van der Waals surface area contributed by atoms with Gasteiger partial charge in [0.25, 0.3) is 0 Å². The molecule has 0 aliphatic heterocycles. The maximum absolute atomic E-state index is 9.28. The minimum atomic E-state index is -1.97. The second-order valence-electron chi connectivity index (χ2n) is 3.46. The van der Waals surface area contributed by atoms with Gasteiger partial charge in [0.2, 0.25) is 0 Å². The molecule has 98 valence electrons. The first-order valence-corrected chi connectivity index (χ1v) is 4.66. The third-order valence-electron chi connectivity index (χ3n) is 2.21. The summed E-state index contributed by atoms with van der Waals surface area (Å²) < 4.78 is 0. The van der Waals surface area contributed by atoms with E-state index >= 15 is 0 Å². The lowest BCUT2D eigenvalue weighted by atomic mass is 9.97. The Morgan fingerprint density at radius 1 is 0.500 bits per heavy atom. The highest BCUT2D eigenvalue weighted by Crippen LogP contribution is 2.10. The molecule has 0 saturated heterocycles. The molecule has 0 aromatic carbocycles. The van der Waals surface area contributed by atoms with Gasteiger partial charge in [0.15, 0.2) is 0 Å². The fraction of sp³-hybridized carbons (Fsp3) is 1.00. The number of hydrogen-bond donors (Lipinski definition) is 8. The first-order chi connectivity index (χ1) is 7.36. The van der Waals surface area contributed by atoms with E-state index in [4.69, 9.17) is 20.4 Å². The summed E-state index contributed by atoms with van der Waals surface area (Å²) in [6.45, 7) is -1.69. The molecule has 16 heavy (non-hydrogen) atoms. The minimum absolute atomic E-state index is 0.844. The largest absolute Gasteiger partial charge is 0.394 e. The molecular weight excluding hydrogens is 224 g/mol. The van der Waals surface area contributed by atoms with Crippen LogP contribution in [0.3, 0.4) is 0 Å². The van der Waals surface area contributed by atoms with Crippen LogP contribution in [0.5, 0.6) is 0 Å². The maximum atomic E-state index is 9.28. The van der Waals surface area contributed by atoms with E-state index in [-0.39, 0.29) is 0 Å². The van der Waals surface area contributed by atoms with Crippen molar-refractivity contribution < 1.29 is 40.9 Å². The lowest BCUT2D eigenvalue weighted by Gasteiger charge is -2.29. The second-order valence-corrected chi connectivity index (χ2v) is 3.46. The van der Waals surface area contributed by atoms with Crippen molar-refractivity contribution in [1.29, 1.82) is 0 Å². The third kappa shape index (κ3) is 3.92. The summed E-state index contributed by atoms with van der Waals surface area (Å²) in [5, 5.41) is 71.8. The topological polar surface area (TPSA) is 162 Å². The van der Waals surface area contributed by atoms with E-state index in [1.807, 2.05) is 0 Å². The molecular formula is C8H18O8. The molecule has 0 fully saturated rings. The molecule has 0 bridgehead atoms. The molecule has 0 aromatic heterocycles. The van der Waals surface area contributed by atoms with Gasteiger partial charge in [-0.15, -0.1) is 0 Å². The van der Waals surface area contributed by atoms with Crippen LogP contribution in [0.25, 0.3) is 0 Å². The smallest absolute Gasteiger partial charge is 0.111 e. The molecule has 0 aromatic rings. The number of rotatable bonds is 7. The van der Waals surface area contributed by atoms with Crippen LogP contribution in [0.1, 0.15) is 0 Å². The van der Waals surface area contributed by atoms with Gasteiger partial charge >= 0.3 is 0 Å². The fourth-order valence-corrected chi connectivity index (χ4v) is 1.08. The normalized spacial score (nSPS) is 23.2. The molecule has 0 rings (SSSR count). The molecule has 8 nitrogen and oxygen atoms in total. The molecule has 0 amide bonds. The van der Waals surface area contributed by atoms with Gasteiger partial charge < -0.3 is 40.9 Å². The van der Waals surface area contributed by atoms with E-state index in [1.165, 1.54) is 0 Å². The summed E-state index contributed by atoms with van der Waals surface area (Å²) in [6.07, 6.45) is -11.1. The monoisotopic (exact) mass is 242 g/mol. The molecule has 6 atom stereocenters. The van der Waals surface area contributed by atoms with E-state index in [1.54, 1.807) is 0 Å². The lowest BCUT2D eigenvalue weighted by Crippen LogP contribution is -2.53. The van der Waals surface area contributed by atoms with Gasteiger partial charge in [0, 0.05) is 0 Å². The number of aliphatic hydroxyl groups is 8. The van der Waals surface area contributed by atoms with Crippen molar-refractivity contribution in [3.8, 4) is 0 Å². The average Bonchev–Trinajstić information content (AvgIpc) is 2.32. The first kappa shape index (κ1) is 15.7. The Labute approximate surface area is 91.6 Å². The predicted molar refractivity (Wildman–Crippen MR) is 50.2 cm³/mol. The van der Waals surface area contributed by atoms with E-state index in [0.717, 1.165) is 0 Å². The summed E-state index contributed by atoms with van der Waals surface area (Å²) in [5.74, 6) is 0. The molecule has 0 heterocycles. The summed E-state index contributed by atoms with van der Waals surface area (Å²) in [7, 11) is 0. The lowest BCUT2D eigenvalue weighted by molar-refractivity contribution is -0.161. The Kier molecular flexibility index (Phi) is 6.95. The van der Waals surface area contributed by atoms with Gasteiger partial charge in [-0.05, 0) is 0 Å². The molecule has 8 N–H and O–H groups in total. The van der Waals surface area contributed by atoms with Crippen LogP contribution < -0.4 is 0 Å². The standard InChI is InChI=1S/C8H18O8/c9-1-3(11)5(13)7(15)8(16)6(14)4(12)2-10/h3-16H,1-2H2/t3-,4+,5-,6-,7+,8-/m0/s1. The van der Waals surface area contributed by atoms with E-state index in [2.05, 4.69) is 0 Å². The molecule has 0 saturated carbocycles. The van der Waals surface area contributed by atoms with Gasteiger partial charge in [-0.3, -0.25) is 0 Å². The first-order valence-electron chi connectivity index (χ1n) is 4.66. The van der Waals surface area contributed by atoms with Crippen molar-refractivity contribution in [2.75, 3.05) is 13.2 Å². The second kappa shape index (κ2) is 7.09. The van der Waals surface area contributed by atoms with Crippen LogP contribution in [-0.4, -0.2) is 90.7 Å². The Bertz CT molecular complexity index is 169. The van der Waals surface area contributed by atoms with E-state index in [0.29, 0.717) is 0 Å². The predicted octanol–water partition coefficient (Wildman–Crippen LogP) is -4.86. The Hall–Kier alpha value is -0.320. The highest BCUT2D eigenvalue weighted by atomic mass is 16.4. The zero-order valence-corrected chi connectivity index (χ0v) is 8.46. The van der Waals surface area contributed by atoms with Crippen molar-refractivity contribution >= 4 is 0 Å². The van der Waals surface area contributed by atoms with E-state index < -0.39 is 49.8 Å². The van der Waals surface area contributed by atoms with Crippen LogP contribution in [0, 0.1) is 0 Å². The maximum Gasteiger partial charge on any atom is 0.111 e. The van der Waals surface area contributed by atoms with Crippen LogP contribution in [0.15, 0.2) is 0 Å². The van der Waals surface area contributed by atoms with Gasteiger partial charge in [0.1, 0.15) is 36.6 Å². The Morgan fingerprint density at radius 3 is 0.938 bits per heavy atom. The molecule has 0 unspecified atom stereocenters. The number of aliphatic hydroxyl groups excluding tert-OH is 8. The minimum Gasteiger partial charge on any atom is -0.394 e. The van der Waals surface area contributed by atoms with Crippen LogP contribution >= 0.6 is 0 Å². The fourth-order valence-electron chi connectivity index (χ4n) is 1.08. The van der Waals surface area contributed by atoms with Crippen LogP contribution in [0.2, 0.25) is 0 Å². The molecule has 0 radical (unpaired) electrons. The molecule has 0 aliphatic carbocycles. The highest BCUT2D eigenvalue weighted by molar-refractivity contribution is 4.87. The summed E-state index contributed by atoms with van der Waals surface area (Å²) in [4.78, 5) is 0. The molecule has 0 spiro atoms. The summed E-state index contributed by atoms with van der Waals surface area (Å²) in [5.41, 5.74) is 0. The number of hydrogen-bond acceptors (Lipinski definition) is 8. The van der Waals surface area contributed by atoms with Gasteiger partial charge in [-0.2, -0.15) is 0 Å². The molecule has 8 heteroatoms. The quantitative estimate of drug-likeness (QED) is 0.220.